The topological polar surface area (TPSA) is 55.4 Å². The lowest BCUT2D eigenvalue weighted by molar-refractivity contribution is -0.192. The van der Waals surface area contributed by atoms with Gasteiger partial charge in [-0.3, -0.25) is 0 Å². The first-order valence-electron chi connectivity index (χ1n) is 4.71. The lowest BCUT2D eigenvalue weighted by atomic mass is 10.2. The first-order chi connectivity index (χ1) is 8.70. The van der Waals surface area contributed by atoms with E-state index >= 15 is 0 Å². The van der Waals surface area contributed by atoms with Gasteiger partial charge in [0.25, 0.3) is 0 Å². The highest BCUT2D eigenvalue weighted by Gasteiger charge is 2.42. The number of esters is 1. The van der Waals surface area contributed by atoms with Gasteiger partial charge < -0.3 is 10.1 Å². The summed E-state index contributed by atoms with van der Waals surface area (Å²) in [5.41, 5.74) is 0.289. The molecule has 0 saturated heterocycles. The minimum Gasteiger partial charge on any atom is -0.369 e. The van der Waals surface area contributed by atoms with Crippen LogP contribution in [0.3, 0.4) is 0 Å². The van der Waals surface area contributed by atoms with Crippen molar-refractivity contribution >= 4 is 28.0 Å². The molecule has 0 spiro atoms. The van der Waals surface area contributed by atoms with Crippen LogP contribution in [-0.2, 0) is 16.1 Å². The van der Waals surface area contributed by atoms with Crippen molar-refractivity contribution in [3.63, 3.8) is 0 Å². The zero-order valence-electron chi connectivity index (χ0n) is 9.05. The quantitative estimate of drug-likeness (QED) is 0.510. The van der Waals surface area contributed by atoms with Crippen LogP contribution in [0.15, 0.2) is 22.7 Å². The van der Waals surface area contributed by atoms with Crippen LogP contribution < -0.4 is 5.32 Å². The third kappa shape index (κ3) is 4.86. The number of halogens is 5. The Labute approximate surface area is 112 Å². The predicted octanol–water partition coefficient (Wildman–Crippen LogP) is 2.90. The van der Waals surface area contributed by atoms with Crippen molar-refractivity contribution in [1.82, 2.24) is 5.32 Å². The van der Waals surface area contributed by atoms with E-state index in [9.17, 15) is 27.2 Å². The molecule has 0 heterocycles. The molecule has 0 fully saturated rings. The van der Waals surface area contributed by atoms with Crippen LogP contribution >= 0.6 is 15.9 Å². The maximum absolute atomic E-state index is 13.1. The van der Waals surface area contributed by atoms with Gasteiger partial charge >= 0.3 is 18.2 Å². The predicted molar refractivity (Wildman–Crippen MR) is 58.5 cm³/mol. The molecule has 0 aromatic heterocycles. The normalized spacial score (nSPS) is 11.0. The zero-order chi connectivity index (χ0) is 14.6. The fourth-order valence-corrected chi connectivity index (χ4v) is 1.25. The third-order valence-electron chi connectivity index (χ3n) is 1.84. The zero-order valence-corrected chi connectivity index (χ0v) is 10.6. The van der Waals surface area contributed by atoms with Gasteiger partial charge in [-0.2, -0.15) is 13.2 Å². The van der Waals surface area contributed by atoms with E-state index in [1.54, 1.807) is 0 Å². The largest absolute Gasteiger partial charge is 0.491 e. The van der Waals surface area contributed by atoms with Crippen molar-refractivity contribution in [2.45, 2.75) is 12.7 Å². The second-order valence-electron chi connectivity index (χ2n) is 3.28. The molecule has 4 nitrogen and oxygen atoms in total. The number of carbonyl (C=O) groups excluding carboxylic acids is 2. The number of amides is 1. The highest BCUT2D eigenvalue weighted by atomic mass is 79.9. The van der Waals surface area contributed by atoms with Gasteiger partial charge in [-0.05, 0) is 33.6 Å². The smallest absolute Gasteiger partial charge is 0.369 e. The number of carbonyl (C=O) groups is 2. The molecule has 0 bridgehead atoms. The van der Waals surface area contributed by atoms with E-state index in [2.05, 4.69) is 20.7 Å². The summed E-state index contributed by atoms with van der Waals surface area (Å²) < 4.78 is 52.0. The average Bonchev–Trinajstić information content (AvgIpc) is 2.29. The van der Waals surface area contributed by atoms with Crippen molar-refractivity contribution in [2.24, 2.45) is 0 Å². The van der Waals surface area contributed by atoms with Crippen molar-refractivity contribution in [3.05, 3.63) is 34.1 Å². The van der Waals surface area contributed by atoms with Gasteiger partial charge in [0.2, 0.25) is 0 Å². The molecule has 0 atom stereocenters. The maximum Gasteiger partial charge on any atom is 0.491 e. The number of alkyl halides is 3. The number of hydrogen-bond acceptors (Lipinski definition) is 3. The molecule has 0 aliphatic rings. The van der Waals surface area contributed by atoms with Crippen molar-refractivity contribution in [3.8, 4) is 0 Å². The summed E-state index contributed by atoms with van der Waals surface area (Å²) in [4.78, 5) is 21.2. The number of hydrogen-bond donors (Lipinski definition) is 1. The molecule has 0 radical (unpaired) electrons. The van der Waals surface area contributed by atoms with Gasteiger partial charge in [-0.15, -0.1) is 0 Å². The maximum atomic E-state index is 13.1. The number of rotatable bonds is 2. The van der Waals surface area contributed by atoms with E-state index in [1.165, 1.54) is 12.1 Å². The lowest BCUT2D eigenvalue weighted by Crippen LogP contribution is -2.33. The van der Waals surface area contributed by atoms with Crippen LogP contribution in [0.1, 0.15) is 5.56 Å². The van der Waals surface area contributed by atoms with Gasteiger partial charge in [0.15, 0.2) is 0 Å². The summed E-state index contributed by atoms with van der Waals surface area (Å²) in [5, 5.41) is 1.88. The van der Waals surface area contributed by atoms with Crippen molar-refractivity contribution < 1.29 is 31.9 Å². The summed E-state index contributed by atoms with van der Waals surface area (Å²) in [7, 11) is 0. The van der Waals surface area contributed by atoms with Gasteiger partial charge in [0, 0.05) is 6.54 Å². The number of alkyl carbamates (subject to hydrolysis) is 1. The van der Waals surface area contributed by atoms with Gasteiger partial charge in [0.05, 0.1) is 4.47 Å². The second kappa shape index (κ2) is 6.00. The Kier molecular flexibility index (Phi) is 4.87. The Morgan fingerprint density at radius 1 is 1.32 bits per heavy atom. The molecule has 104 valence electrons. The molecule has 0 unspecified atom stereocenters. The van der Waals surface area contributed by atoms with Crippen LogP contribution in [0.5, 0.6) is 0 Å². The number of benzene rings is 1. The Morgan fingerprint density at radius 2 is 1.95 bits per heavy atom. The van der Waals surface area contributed by atoms with Crippen LogP contribution in [0.4, 0.5) is 22.4 Å². The van der Waals surface area contributed by atoms with E-state index in [0.717, 1.165) is 6.07 Å². The van der Waals surface area contributed by atoms with Crippen LogP contribution in [0.25, 0.3) is 0 Å². The molecule has 9 heteroatoms. The fraction of sp³-hybridized carbons (Fsp3) is 0.200. The van der Waals surface area contributed by atoms with E-state index in [0.29, 0.717) is 0 Å². The molecular formula is C10H6BrF4NO3. The summed E-state index contributed by atoms with van der Waals surface area (Å²) in [6.45, 7) is -0.284. The number of nitrogens with one attached hydrogen (secondary N) is 1. The SMILES string of the molecule is O=C(NCc1ccc(Br)c(F)c1)OC(=O)C(F)(F)F. The minimum atomic E-state index is -5.25. The second-order valence-corrected chi connectivity index (χ2v) is 4.13. The summed E-state index contributed by atoms with van der Waals surface area (Å²) >= 11 is 2.91. The van der Waals surface area contributed by atoms with Crippen LogP contribution in [0, 0.1) is 5.82 Å². The van der Waals surface area contributed by atoms with E-state index in [-0.39, 0.29) is 16.6 Å². The lowest BCUT2D eigenvalue weighted by Gasteiger charge is -2.07. The summed E-state index contributed by atoms with van der Waals surface area (Å²) in [6.07, 6.45) is -6.81. The van der Waals surface area contributed by atoms with Crippen molar-refractivity contribution in [2.75, 3.05) is 0 Å². The molecule has 1 rings (SSSR count). The van der Waals surface area contributed by atoms with Crippen molar-refractivity contribution in [1.29, 1.82) is 0 Å². The summed E-state index contributed by atoms with van der Waals surface area (Å²) in [6, 6.07) is 3.85. The average molecular weight is 344 g/mol. The standard InChI is InChI=1S/C10H6BrF4NO3/c11-6-2-1-5(3-7(6)12)4-16-9(18)19-8(17)10(13,14)15/h1-3H,4H2,(H,16,18). The highest BCUT2D eigenvalue weighted by Crippen LogP contribution is 2.17. The molecule has 1 N–H and O–H groups in total. The molecule has 19 heavy (non-hydrogen) atoms. The molecule has 0 aliphatic carbocycles. The Morgan fingerprint density at radius 3 is 2.47 bits per heavy atom. The number of ether oxygens (including phenoxy) is 1. The van der Waals surface area contributed by atoms with E-state index < -0.39 is 24.1 Å². The Balaban J connectivity index is 2.51. The van der Waals surface area contributed by atoms with Gasteiger partial charge in [-0.25, -0.2) is 14.0 Å². The minimum absolute atomic E-state index is 0.200. The Hall–Kier alpha value is -1.64. The molecule has 0 saturated carbocycles. The Bertz CT molecular complexity index is 504. The van der Waals surface area contributed by atoms with E-state index in [4.69, 9.17) is 0 Å². The first-order valence-corrected chi connectivity index (χ1v) is 5.50. The molecular weight excluding hydrogens is 338 g/mol. The molecule has 1 amide bonds. The van der Waals surface area contributed by atoms with Crippen LogP contribution in [0.2, 0.25) is 0 Å². The monoisotopic (exact) mass is 343 g/mol. The van der Waals surface area contributed by atoms with E-state index in [1.807, 2.05) is 5.32 Å². The first kappa shape index (κ1) is 15.4. The molecule has 1 aromatic rings. The molecule has 0 aliphatic heterocycles. The van der Waals surface area contributed by atoms with Gasteiger partial charge in [0.1, 0.15) is 5.82 Å². The highest BCUT2D eigenvalue weighted by molar-refractivity contribution is 9.10. The third-order valence-corrected chi connectivity index (χ3v) is 2.48. The van der Waals surface area contributed by atoms with Crippen LogP contribution in [-0.4, -0.2) is 18.2 Å². The fourth-order valence-electron chi connectivity index (χ4n) is 1.00. The molecule has 1 aromatic carbocycles. The summed E-state index contributed by atoms with van der Waals surface area (Å²) in [5.74, 6) is -3.22. The van der Waals surface area contributed by atoms with Gasteiger partial charge in [-0.1, -0.05) is 6.07 Å².